The maximum Gasteiger partial charge on any atom is 0.327 e. The van der Waals surface area contributed by atoms with Gasteiger partial charge in [-0.3, -0.25) is 14.4 Å². The van der Waals surface area contributed by atoms with Gasteiger partial charge in [0.05, 0.1) is 18.2 Å². The lowest BCUT2D eigenvalue weighted by Crippen LogP contribution is -2.65. The van der Waals surface area contributed by atoms with E-state index >= 15 is 0 Å². The first-order chi connectivity index (χ1) is 24.6. The van der Waals surface area contributed by atoms with Crippen molar-refractivity contribution >= 4 is 29.9 Å². The number of cyclic esters (lactones) is 1. The molecule has 12 nitrogen and oxygen atoms in total. The van der Waals surface area contributed by atoms with Crippen molar-refractivity contribution < 1.29 is 38.4 Å². The molecule has 0 radical (unpaired) electrons. The monoisotopic (exact) mass is 754 g/mol. The first-order valence-electron chi connectivity index (χ1n) is 19.8. The Bertz CT molecular complexity index is 1190. The smallest absolute Gasteiger partial charge is 0.327 e. The second-order valence-corrected chi connectivity index (χ2v) is 18.1. The van der Waals surface area contributed by atoms with Gasteiger partial charge in [0.15, 0.2) is 17.3 Å². The molecule has 300 valence electrons. The Labute approximate surface area is 317 Å². The molecule has 0 aromatic heterocycles. The van der Waals surface area contributed by atoms with E-state index < -0.39 is 58.8 Å². The number of nitrogens with zero attached hydrogens (tertiary/aromatic N) is 2. The summed E-state index contributed by atoms with van der Waals surface area (Å²) in [5.74, 6) is -0.537. The summed E-state index contributed by atoms with van der Waals surface area (Å²) in [4.78, 5) is 45.3. The summed E-state index contributed by atoms with van der Waals surface area (Å²) in [6.45, 7) is 15.5. The first-order valence-corrected chi connectivity index (χ1v) is 20.8. The van der Waals surface area contributed by atoms with Crippen LogP contribution in [0.4, 0.5) is 0 Å². The molecule has 0 bridgehead atoms. The van der Waals surface area contributed by atoms with Gasteiger partial charge in [0.2, 0.25) is 6.41 Å². The molecule has 13 heteroatoms. The number of hydrogen-bond donors (Lipinski definition) is 3. The van der Waals surface area contributed by atoms with E-state index in [2.05, 4.69) is 36.3 Å². The van der Waals surface area contributed by atoms with Crippen LogP contribution in [0.3, 0.4) is 0 Å². The normalized spacial score (nSPS) is 42.8. The topological polar surface area (TPSA) is 139 Å². The summed E-state index contributed by atoms with van der Waals surface area (Å²) in [6, 6.07) is -0.390. The van der Waals surface area contributed by atoms with Gasteiger partial charge in [0.1, 0.15) is 17.8 Å². The number of carbonyl (C=O) groups excluding carboxylic acids is 3. The third-order valence-corrected chi connectivity index (χ3v) is 14.5. The standard InChI is InChI=1S/C39H70N4O8S/c1-12-17-52-33-31(45)24(4)35(51-37-32(46)29(42(8)9)18-27(49-37)20-40-26-15-14-16-26)38(6)19-28(38)23(3)21-43(10)25(5)34(41-22-44)39(7,48-11)30(13-2)50-36(33)47/h22-30,32-35,37,40,46H,12-21H2,1-11H3,(H,41,44)/t23-,24-,25+,27-,28?,29?,30+,32+,33?,34+,35+,37-,38+,39+/m0/s1. The predicted molar refractivity (Wildman–Crippen MR) is 204 cm³/mol. The summed E-state index contributed by atoms with van der Waals surface area (Å²) in [5, 5.41) is 17.3. The molecule has 2 saturated carbocycles. The molecular weight excluding hydrogens is 685 g/mol. The van der Waals surface area contributed by atoms with Crippen molar-refractivity contribution in [3.63, 3.8) is 0 Å². The average Bonchev–Trinajstić information content (AvgIpc) is 3.79. The molecule has 52 heavy (non-hydrogen) atoms. The summed E-state index contributed by atoms with van der Waals surface area (Å²) in [6.07, 6.45) is 3.54. The van der Waals surface area contributed by atoms with Crippen LogP contribution in [0.2, 0.25) is 0 Å². The van der Waals surface area contributed by atoms with Gasteiger partial charge in [0, 0.05) is 44.2 Å². The predicted octanol–water partition coefficient (Wildman–Crippen LogP) is 3.47. The zero-order valence-electron chi connectivity index (χ0n) is 33.8. The van der Waals surface area contributed by atoms with Crippen LogP contribution in [0.15, 0.2) is 0 Å². The number of rotatable bonds is 13. The van der Waals surface area contributed by atoms with Gasteiger partial charge in [-0.05, 0) is 96.5 Å². The lowest BCUT2D eigenvalue weighted by Gasteiger charge is -2.46. The van der Waals surface area contributed by atoms with Crippen molar-refractivity contribution in [3.05, 3.63) is 0 Å². The number of methoxy groups -OCH3 is 1. The number of fused-ring (bicyclic) bond motifs is 1. The van der Waals surface area contributed by atoms with E-state index in [9.17, 15) is 19.5 Å². The van der Waals surface area contributed by atoms with E-state index in [1.165, 1.54) is 18.2 Å². The minimum atomic E-state index is -1.09. The summed E-state index contributed by atoms with van der Waals surface area (Å²) < 4.78 is 25.9. The second kappa shape index (κ2) is 18.5. The van der Waals surface area contributed by atoms with Crippen LogP contribution < -0.4 is 10.6 Å². The molecule has 3 N–H and O–H groups in total. The van der Waals surface area contributed by atoms with E-state index in [1.807, 2.05) is 53.7 Å². The average molecular weight is 755 g/mol. The highest BCUT2D eigenvalue weighted by molar-refractivity contribution is 8.01. The van der Waals surface area contributed by atoms with Crippen LogP contribution in [0.1, 0.15) is 93.4 Å². The molecule has 2 aliphatic carbocycles. The van der Waals surface area contributed by atoms with Gasteiger partial charge >= 0.3 is 5.97 Å². The van der Waals surface area contributed by atoms with E-state index in [4.69, 9.17) is 18.9 Å². The van der Waals surface area contributed by atoms with Crippen molar-refractivity contribution in [2.75, 3.05) is 47.1 Å². The number of esters is 1. The number of Topliss-reactive ketones (excluding diaryl/α,β-unsaturated/α-hetero) is 1. The Morgan fingerprint density at radius 1 is 1.15 bits per heavy atom. The summed E-state index contributed by atoms with van der Waals surface area (Å²) >= 11 is 1.30. The number of aliphatic hydroxyl groups is 1. The largest absolute Gasteiger partial charge is 0.458 e. The first kappa shape index (κ1) is 43.4. The highest BCUT2D eigenvalue weighted by Gasteiger charge is 2.62. The molecule has 2 aliphatic heterocycles. The van der Waals surface area contributed by atoms with Crippen LogP contribution in [0, 0.1) is 23.2 Å². The molecule has 14 atom stereocenters. The third-order valence-electron chi connectivity index (χ3n) is 13.1. The summed E-state index contributed by atoms with van der Waals surface area (Å²) in [7, 11) is 7.55. The molecular formula is C39H70N4O8S. The van der Waals surface area contributed by atoms with Crippen molar-refractivity contribution in [2.45, 2.75) is 159 Å². The fourth-order valence-corrected chi connectivity index (χ4v) is 10.2. The van der Waals surface area contributed by atoms with Crippen LogP contribution >= 0.6 is 11.8 Å². The lowest BCUT2D eigenvalue weighted by atomic mass is 9.82. The van der Waals surface area contributed by atoms with E-state index in [-0.39, 0.29) is 35.8 Å². The number of ether oxygens (including phenoxy) is 4. The van der Waals surface area contributed by atoms with Crippen molar-refractivity contribution in [1.82, 2.24) is 20.4 Å². The van der Waals surface area contributed by atoms with E-state index in [1.54, 1.807) is 7.11 Å². The highest BCUT2D eigenvalue weighted by Crippen LogP contribution is 2.61. The number of likely N-dealkylation sites (N-methyl/N-ethyl adjacent to an activating group) is 2. The molecule has 0 aromatic rings. The third kappa shape index (κ3) is 9.37. The Morgan fingerprint density at radius 3 is 2.40 bits per heavy atom. The highest BCUT2D eigenvalue weighted by atomic mass is 32.2. The Balaban J connectivity index is 1.73. The molecule has 4 rings (SSSR count). The zero-order chi connectivity index (χ0) is 38.5. The quantitative estimate of drug-likeness (QED) is 0.144. The fraction of sp³-hybridized carbons (Fsp3) is 0.923. The number of amides is 1. The van der Waals surface area contributed by atoms with Crippen LogP contribution in [0.25, 0.3) is 0 Å². The van der Waals surface area contributed by atoms with E-state index in [0.29, 0.717) is 37.6 Å². The molecule has 2 saturated heterocycles. The SMILES string of the molecule is CCCSC1C(=O)O[C@H](CC)[C@@](C)(OC)[C@H](NC=O)[C@@H](C)N(C)C[C@H](C)C2C[C@@]2(C)[C@H](O[C@@H]2O[C@H](CNC3CCC3)CC(N(C)C)[C@H]2O)[C@@H](C)C1=O. The van der Waals surface area contributed by atoms with Gasteiger partial charge in [-0.15, -0.1) is 11.8 Å². The van der Waals surface area contributed by atoms with Gasteiger partial charge in [-0.1, -0.05) is 41.0 Å². The van der Waals surface area contributed by atoms with Crippen molar-refractivity contribution in [3.8, 4) is 0 Å². The molecule has 1 amide bonds. The molecule has 3 unspecified atom stereocenters. The van der Waals surface area contributed by atoms with Crippen molar-refractivity contribution in [2.24, 2.45) is 23.2 Å². The number of nitrogens with one attached hydrogen (secondary N) is 2. The van der Waals surface area contributed by atoms with Crippen LogP contribution in [-0.4, -0.2) is 146 Å². The second-order valence-electron chi connectivity index (χ2n) is 16.9. The van der Waals surface area contributed by atoms with Gasteiger partial charge in [-0.25, -0.2) is 0 Å². The number of aliphatic hydroxyl groups excluding tert-OH is 1. The number of thioether (sulfide) groups is 1. The van der Waals surface area contributed by atoms with Crippen molar-refractivity contribution in [1.29, 1.82) is 0 Å². The minimum absolute atomic E-state index is 0.164. The minimum Gasteiger partial charge on any atom is -0.458 e. The van der Waals surface area contributed by atoms with Crippen LogP contribution in [0.5, 0.6) is 0 Å². The lowest BCUT2D eigenvalue weighted by molar-refractivity contribution is -0.282. The Morgan fingerprint density at radius 2 is 1.85 bits per heavy atom. The maximum absolute atomic E-state index is 14.8. The molecule has 4 fully saturated rings. The molecule has 4 aliphatic rings. The zero-order valence-corrected chi connectivity index (χ0v) is 34.6. The Kier molecular flexibility index (Phi) is 15.5. The summed E-state index contributed by atoms with van der Waals surface area (Å²) in [5.41, 5.74) is -1.50. The molecule has 0 aromatic carbocycles. The maximum atomic E-state index is 14.8. The number of ketones is 1. The van der Waals surface area contributed by atoms with Gasteiger partial charge in [-0.2, -0.15) is 0 Å². The fourth-order valence-electron chi connectivity index (χ4n) is 9.18. The Hall–Kier alpha value is -1.32. The number of carbonyl (C=O) groups is 3. The van der Waals surface area contributed by atoms with Gasteiger partial charge < -0.3 is 44.5 Å². The number of hydrogen-bond acceptors (Lipinski definition) is 12. The molecule has 0 spiro atoms. The van der Waals surface area contributed by atoms with E-state index in [0.717, 1.165) is 32.2 Å². The molecule has 2 heterocycles. The van der Waals surface area contributed by atoms with Crippen LogP contribution in [-0.2, 0) is 33.3 Å². The van der Waals surface area contributed by atoms with Gasteiger partial charge in [0.25, 0.3) is 0 Å².